The molecule has 3 rings (SSSR count). The van der Waals surface area contributed by atoms with Crippen molar-refractivity contribution in [1.29, 1.82) is 0 Å². The molecule has 0 saturated carbocycles. The van der Waals surface area contributed by atoms with Crippen LogP contribution in [0.2, 0.25) is 0 Å². The Labute approximate surface area is 150 Å². The summed E-state index contributed by atoms with van der Waals surface area (Å²) >= 11 is 1.32. The Hall–Kier alpha value is -2.53. The van der Waals surface area contributed by atoms with Crippen LogP contribution in [0, 0.1) is 5.82 Å². The maximum atomic E-state index is 13.7. The number of nitrogens with zero attached hydrogens (tertiary/aromatic N) is 1. The van der Waals surface area contributed by atoms with Crippen LogP contribution in [-0.2, 0) is 0 Å². The van der Waals surface area contributed by atoms with Crippen LogP contribution in [0.1, 0.15) is 42.1 Å². The van der Waals surface area contributed by atoms with E-state index in [1.807, 2.05) is 17.5 Å². The van der Waals surface area contributed by atoms with Crippen molar-refractivity contribution >= 4 is 22.4 Å². The van der Waals surface area contributed by atoms with Crippen molar-refractivity contribution in [1.82, 2.24) is 4.98 Å². The van der Waals surface area contributed by atoms with Crippen molar-refractivity contribution in [2.24, 2.45) is 0 Å². The summed E-state index contributed by atoms with van der Waals surface area (Å²) in [6.07, 6.45) is 1.10. The molecule has 1 unspecified atom stereocenters. The molecule has 0 spiro atoms. The van der Waals surface area contributed by atoms with Crippen molar-refractivity contribution in [2.45, 2.75) is 26.2 Å². The number of nitrogens with one attached hydrogen (secondary N) is 1. The number of carbonyl (C=O) groups is 1. The molecule has 1 heterocycles. The zero-order valence-electron chi connectivity index (χ0n) is 14.1. The highest BCUT2D eigenvalue weighted by molar-refractivity contribution is 7.14. The molecule has 0 fully saturated rings. The van der Waals surface area contributed by atoms with Gasteiger partial charge >= 0.3 is 0 Å². The lowest BCUT2D eigenvalue weighted by molar-refractivity contribution is 0.102. The molecule has 25 heavy (non-hydrogen) atoms. The molecular formula is C20H19FN2OS. The summed E-state index contributed by atoms with van der Waals surface area (Å²) < 4.78 is 13.7. The summed E-state index contributed by atoms with van der Waals surface area (Å²) in [5, 5.41) is 4.99. The van der Waals surface area contributed by atoms with Crippen LogP contribution in [0.15, 0.2) is 53.9 Å². The average Bonchev–Trinajstić information content (AvgIpc) is 3.10. The lowest BCUT2D eigenvalue weighted by Gasteiger charge is -2.08. The highest BCUT2D eigenvalue weighted by atomic mass is 32.1. The van der Waals surface area contributed by atoms with Crippen LogP contribution in [0.3, 0.4) is 0 Å². The molecule has 0 radical (unpaired) electrons. The molecule has 5 heteroatoms. The molecule has 3 aromatic rings. The molecule has 0 saturated heterocycles. The second kappa shape index (κ2) is 7.57. The summed E-state index contributed by atoms with van der Waals surface area (Å²) in [7, 11) is 0. The van der Waals surface area contributed by atoms with Crippen molar-refractivity contribution < 1.29 is 9.18 Å². The number of thiazole rings is 1. The number of hydrogen-bond donors (Lipinski definition) is 1. The first-order valence-corrected chi connectivity index (χ1v) is 9.08. The molecule has 0 aliphatic rings. The lowest BCUT2D eigenvalue weighted by atomic mass is 9.97. The number of hydrogen-bond acceptors (Lipinski definition) is 3. The maximum Gasteiger partial charge on any atom is 0.260 e. The molecule has 2 aromatic carbocycles. The van der Waals surface area contributed by atoms with Crippen LogP contribution in [0.25, 0.3) is 11.3 Å². The minimum Gasteiger partial charge on any atom is -0.298 e. The first kappa shape index (κ1) is 17.3. The predicted molar refractivity (Wildman–Crippen MR) is 101 cm³/mol. The van der Waals surface area contributed by atoms with Crippen molar-refractivity contribution in [2.75, 3.05) is 5.32 Å². The number of rotatable bonds is 5. The van der Waals surface area contributed by atoms with Gasteiger partial charge in [-0.15, -0.1) is 11.3 Å². The molecule has 1 atom stereocenters. The van der Waals surface area contributed by atoms with E-state index < -0.39 is 11.7 Å². The smallest absolute Gasteiger partial charge is 0.260 e. The topological polar surface area (TPSA) is 42.0 Å². The van der Waals surface area contributed by atoms with E-state index in [0.717, 1.165) is 17.7 Å². The van der Waals surface area contributed by atoms with Crippen molar-refractivity contribution in [3.63, 3.8) is 0 Å². The van der Waals surface area contributed by atoms with Crippen LogP contribution < -0.4 is 5.32 Å². The van der Waals surface area contributed by atoms with Crippen LogP contribution >= 0.6 is 11.3 Å². The first-order chi connectivity index (χ1) is 12.1. The Bertz CT molecular complexity index is 873. The normalized spacial score (nSPS) is 12.0. The molecule has 1 amide bonds. The second-order valence-electron chi connectivity index (χ2n) is 5.90. The summed E-state index contributed by atoms with van der Waals surface area (Å²) in [5.41, 5.74) is 3.10. The van der Waals surface area contributed by atoms with Gasteiger partial charge in [0.25, 0.3) is 5.91 Å². The first-order valence-electron chi connectivity index (χ1n) is 8.20. The summed E-state index contributed by atoms with van der Waals surface area (Å²) in [6.45, 7) is 4.37. The van der Waals surface area contributed by atoms with Gasteiger partial charge in [-0.05, 0) is 30.0 Å². The number of halogens is 1. The Kier molecular flexibility index (Phi) is 5.24. The molecule has 0 bridgehead atoms. The largest absolute Gasteiger partial charge is 0.298 e. The van der Waals surface area contributed by atoms with Gasteiger partial charge in [0.15, 0.2) is 5.13 Å². The van der Waals surface area contributed by atoms with Gasteiger partial charge < -0.3 is 0 Å². The average molecular weight is 354 g/mol. The second-order valence-corrected chi connectivity index (χ2v) is 6.76. The lowest BCUT2D eigenvalue weighted by Crippen LogP contribution is -2.13. The number of benzene rings is 2. The molecule has 3 nitrogen and oxygen atoms in total. The molecule has 128 valence electrons. The van der Waals surface area contributed by atoms with Gasteiger partial charge in [-0.2, -0.15) is 0 Å². The fourth-order valence-corrected chi connectivity index (χ4v) is 3.21. The van der Waals surface area contributed by atoms with Crippen LogP contribution in [0.4, 0.5) is 9.52 Å². The van der Waals surface area contributed by atoms with E-state index in [1.54, 1.807) is 12.1 Å². The summed E-state index contributed by atoms with van der Waals surface area (Å²) in [4.78, 5) is 16.6. The van der Waals surface area contributed by atoms with Gasteiger partial charge in [0.2, 0.25) is 0 Å². The third-order valence-electron chi connectivity index (χ3n) is 4.23. The van der Waals surface area contributed by atoms with Crippen molar-refractivity contribution in [3.8, 4) is 11.3 Å². The van der Waals surface area contributed by atoms with Gasteiger partial charge in [-0.3, -0.25) is 10.1 Å². The van der Waals surface area contributed by atoms with E-state index in [9.17, 15) is 9.18 Å². The van der Waals surface area contributed by atoms with E-state index >= 15 is 0 Å². The Balaban J connectivity index is 1.74. The molecule has 0 aliphatic carbocycles. The number of amides is 1. The highest BCUT2D eigenvalue weighted by Crippen LogP contribution is 2.27. The van der Waals surface area contributed by atoms with Gasteiger partial charge in [0.05, 0.1) is 11.3 Å². The van der Waals surface area contributed by atoms with E-state index in [-0.39, 0.29) is 5.56 Å². The summed E-state index contributed by atoms with van der Waals surface area (Å²) in [6, 6.07) is 14.2. The Morgan fingerprint density at radius 2 is 1.92 bits per heavy atom. The number of carbonyl (C=O) groups excluding carboxylic acids is 1. The zero-order chi connectivity index (χ0) is 17.8. The van der Waals surface area contributed by atoms with Gasteiger partial charge in [-0.1, -0.05) is 50.2 Å². The SMILES string of the molecule is CCC(C)c1ccc(-c2csc(NC(=O)c3ccccc3F)n2)cc1. The minimum absolute atomic E-state index is 0.0113. The number of anilines is 1. The molecule has 1 aromatic heterocycles. The van der Waals surface area contributed by atoms with Gasteiger partial charge in [0, 0.05) is 10.9 Å². The maximum absolute atomic E-state index is 13.7. The third-order valence-corrected chi connectivity index (χ3v) is 4.99. The fourth-order valence-electron chi connectivity index (χ4n) is 2.49. The van der Waals surface area contributed by atoms with Gasteiger partial charge in [-0.25, -0.2) is 9.37 Å². The standard InChI is InChI=1S/C20H19FN2OS/c1-3-13(2)14-8-10-15(11-9-14)18-12-25-20(22-18)23-19(24)16-6-4-5-7-17(16)21/h4-13H,3H2,1-2H3,(H,22,23,24). The minimum atomic E-state index is -0.544. The van der Waals surface area contributed by atoms with Crippen molar-refractivity contribution in [3.05, 3.63) is 70.9 Å². The number of aromatic nitrogens is 1. The van der Waals surface area contributed by atoms with E-state index in [1.165, 1.54) is 29.0 Å². The monoisotopic (exact) mass is 354 g/mol. The van der Waals surface area contributed by atoms with Crippen LogP contribution in [-0.4, -0.2) is 10.9 Å². The predicted octanol–water partition coefficient (Wildman–Crippen LogP) is 5.72. The third kappa shape index (κ3) is 3.94. The quantitative estimate of drug-likeness (QED) is 0.637. The van der Waals surface area contributed by atoms with E-state index in [2.05, 4.69) is 36.3 Å². The fraction of sp³-hybridized carbons (Fsp3) is 0.200. The Morgan fingerprint density at radius 3 is 2.60 bits per heavy atom. The van der Waals surface area contributed by atoms with E-state index in [0.29, 0.717) is 11.0 Å². The van der Waals surface area contributed by atoms with E-state index in [4.69, 9.17) is 0 Å². The van der Waals surface area contributed by atoms with Crippen LogP contribution in [0.5, 0.6) is 0 Å². The van der Waals surface area contributed by atoms with Gasteiger partial charge in [0.1, 0.15) is 5.82 Å². The zero-order valence-corrected chi connectivity index (χ0v) is 14.9. The molecule has 0 aliphatic heterocycles. The molecule has 1 N–H and O–H groups in total. The Morgan fingerprint density at radius 1 is 1.20 bits per heavy atom. The summed E-state index contributed by atoms with van der Waals surface area (Å²) in [5.74, 6) is -0.511. The highest BCUT2D eigenvalue weighted by Gasteiger charge is 2.13. The molecular weight excluding hydrogens is 335 g/mol.